The van der Waals surface area contributed by atoms with Crippen LogP contribution >= 0.6 is 11.3 Å². The highest BCUT2D eigenvalue weighted by Crippen LogP contribution is 2.27. The molecular formula is C14H22N4O2S. The van der Waals surface area contributed by atoms with E-state index in [0.29, 0.717) is 12.1 Å². The zero-order valence-corrected chi connectivity index (χ0v) is 12.9. The highest BCUT2D eigenvalue weighted by Gasteiger charge is 2.30. The first kappa shape index (κ1) is 14.9. The van der Waals surface area contributed by atoms with Gasteiger partial charge in [-0.05, 0) is 38.4 Å². The Kier molecular flexibility index (Phi) is 4.54. The third-order valence-electron chi connectivity index (χ3n) is 4.54. The molecular weight excluding hydrogens is 288 g/mol. The normalized spacial score (nSPS) is 25.5. The summed E-state index contributed by atoms with van der Waals surface area (Å²) < 4.78 is 0. The molecule has 0 aliphatic carbocycles. The summed E-state index contributed by atoms with van der Waals surface area (Å²) in [5.74, 6) is 0. The predicted octanol–water partition coefficient (Wildman–Crippen LogP) is 1.65. The van der Waals surface area contributed by atoms with Crippen LogP contribution in [0.5, 0.6) is 0 Å². The summed E-state index contributed by atoms with van der Waals surface area (Å²) in [4.78, 5) is 16.5. The second-order valence-electron chi connectivity index (χ2n) is 6.05. The van der Waals surface area contributed by atoms with Gasteiger partial charge >= 0.3 is 5.00 Å². The fraction of sp³-hybridized carbons (Fsp3) is 0.714. The van der Waals surface area contributed by atoms with Crippen LogP contribution in [0, 0.1) is 10.1 Å². The molecule has 116 valence electrons. The van der Waals surface area contributed by atoms with E-state index in [2.05, 4.69) is 9.80 Å². The molecule has 0 bridgehead atoms. The van der Waals surface area contributed by atoms with Crippen molar-refractivity contribution in [3.05, 3.63) is 27.1 Å². The fourth-order valence-corrected chi connectivity index (χ4v) is 4.17. The minimum Gasteiger partial charge on any atom is -0.328 e. The second-order valence-corrected chi connectivity index (χ2v) is 7.19. The van der Waals surface area contributed by atoms with Gasteiger partial charge in [0.15, 0.2) is 0 Å². The quantitative estimate of drug-likeness (QED) is 0.676. The van der Waals surface area contributed by atoms with Crippen molar-refractivity contribution in [1.82, 2.24) is 9.80 Å². The van der Waals surface area contributed by atoms with Crippen molar-refractivity contribution in [2.45, 2.75) is 37.9 Å². The maximum absolute atomic E-state index is 10.7. The molecule has 7 heteroatoms. The van der Waals surface area contributed by atoms with Crippen LogP contribution in [0.25, 0.3) is 0 Å². The summed E-state index contributed by atoms with van der Waals surface area (Å²) in [6, 6.07) is 4.51. The zero-order chi connectivity index (χ0) is 14.8. The standard InChI is InChI=1S/C14H22N4O2S/c15-11-3-7-17(8-4-11)12-5-6-16(9-12)10-13-1-2-14(21-13)18(19)20/h1-2,11-12H,3-10,15H2. The van der Waals surface area contributed by atoms with Gasteiger partial charge in [0.25, 0.3) is 0 Å². The van der Waals surface area contributed by atoms with E-state index in [1.165, 1.54) is 17.8 Å². The first-order valence-electron chi connectivity index (χ1n) is 7.57. The molecule has 3 heterocycles. The second kappa shape index (κ2) is 6.39. The summed E-state index contributed by atoms with van der Waals surface area (Å²) in [7, 11) is 0. The predicted molar refractivity (Wildman–Crippen MR) is 83.4 cm³/mol. The molecule has 2 saturated heterocycles. The highest BCUT2D eigenvalue weighted by atomic mass is 32.1. The first-order chi connectivity index (χ1) is 10.1. The maximum Gasteiger partial charge on any atom is 0.324 e. The molecule has 0 amide bonds. The molecule has 0 saturated carbocycles. The molecule has 1 aromatic rings. The van der Waals surface area contributed by atoms with Crippen LogP contribution < -0.4 is 5.73 Å². The van der Waals surface area contributed by atoms with E-state index in [0.717, 1.165) is 50.4 Å². The van der Waals surface area contributed by atoms with Gasteiger partial charge < -0.3 is 5.73 Å². The van der Waals surface area contributed by atoms with E-state index >= 15 is 0 Å². The van der Waals surface area contributed by atoms with Gasteiger partial charge in [-0.1, -0.05) is 11.3 Å². The van der Waals surface area contributed by atoms with Crippen LogP contribution in [0.1, 0.15) is 24.1 Å². The molecule has 0 aromatic carbocycles. The van der Waals surface area contributed by atoms with Gasteiger partial charge in [0.2, 0.25) is 0 Å². The minimum absolute atomic E-state index is 0.241. The Morgan fingerprint density at radius 1 is 1.29 bits per heavy atom. The Balaban J connectivity index is 1.51. The molecule has 1 unspecified atom stereocenters. The van der Waals surface area contributed by atoms with E-state index in [1.54, 1.807) is 6.07 Å². The summed E-state index contributed by atoms with van der Waals surface area (Å²) in [5.41, 5.74) is 5.96. The van der Waals surface area contributed by atoms with Crippen LogP contribution in [0.3, 0.4) is 0 Å². The van der Waals surface area contributed by atoms with E-state index in [4.69, 9.17) is 5.73 Å². The van der Waals surface area contributed by atoms with Gasteiger partial charge in [-0.2, -0.15) is 0 Å². The number of piperidine rings is 1. The number of likely N-dealkylation sites (tertiary alicyclic amines) is 2. The topological polar surface area (TPSA) is 75.6 Å². The van der Waals surface area contributed by atoms with E-state index < -0.39 is 0 Å². The number of nitro groups is 1. The Bertz CT molecular complexity index is 499. The molecule has 21 heavy (non-hydrogen) atoms. The van der Waals surface area contributed by atoms with Crippen LogP contribution in [0.4, 0.5) is 5.00 Å². The van der Waals surface area contributed by atoms with Gasteiger partial charge in [-0.25, -0.2) is 0 Å². The lowest BCUT2D eigenvalue weighted by molar-refractivity contribution is -0.380. The summed E-state index contributed by atoms with van der Waals surface area (Å²) in [6.45, 7) is 5.22. The summed E-state index contributed by atoms with van der Waals surface area (Å²) in [5, 5.41) is 11.0. The molecule has 0 spiro atoms. The number of nitrogens with zero attached hydrogens (tertiary/aromatic N) is 3. The van der Waals surface area contributed by atoms with Crippen molar-refractivity contribution >= 4 is 16.3 Å². The Hall–Kier alpha value is -1.02. The number of nitrogens with two attached hydrogens (primary N) is 1. The molecule has 2 N–H and O–H groups in total. The molecule has 2 fully saturated rings. The first-order valence-corrected chi connectivity index (χ1v) is 8.38. The Morgan fingerprint density at radius 2 is 2.05 bits per heavy atom. The molecule has 1 atom stereocenters. The number of hydrogen-bond acceptors (Lipinski definition) is 6. The van der Waals surface area contributed by atoms with Gasteiger partial charge in [0, 0.05) is 42.7 Å². The number of hydrogen-bond donors (Lipinski definition) is 1. The van der Waals surface area contributed by atoms with Crippen LogP contribution in [0.15, 0.2) is 12.1 Å². The highest BCUT2D eigenvalue weighted by molar-refractivity contribution is 7.15. The summed E-state index contributed by atoms with van der Waals surface area (Å²) in [6.07, 6.45) is 3.41. The third kappa shape index (κ3) is 3.60. The fourth-order valence-electron chi connectivity index (χ4n) is 3.31. The SMILES string of the molecule is NC1CCN(C2CCN(Cc3ccc([N+](=O)[O-])s3)C2)CC1. The number of thiophene rings is 1. The van der Waals surface area contributed by atoms with Crippen LogP contribution in [-0.4, -0.2) is 53.0 Å². The average Bonchev–Trinajstić information content (AvgIpc) is 3.10. The van der Waals surface area contributed by atoms with Gasteiger partial charge in [-0.3, -0.25) is 19.9 Å². The van der Waals surface area contributed by atoms with Crippen molar-refractivity contribution < 1.29 is 4.92 Å². The van der Waals surface area contributed by atoms with Crippen molar-refractivity contribution in [2.24, 2.45) is 5.73 Å². The molecule has 2 aliphatic rings. The minimum atomic E-state index is -0.308. The van der Waals surface area contributed by atoms with Crippen molar-refractivity contribution in [3.63, 3.8) is 0 Å². The summed E-state index contributed by atoms with van der Waals surface area (Å²) >= 11 is 1.29. The van der Waals surface area contributed by atoms with Gasteiger partial charge in [0.05, 0.1) is 4.92 Å². The van der Waals surface area contributed by atoms with Crippen molar-refractivity contribution in [2.75, 3.05) is 26.2 Å². The Labute approximate surface area is 128 Å². The van der Waals surface area contributed by atoms with E-state index in [1.807, 2.05) is 6.07 Å². The molecule has 1 aromatic heterocycles. The van der Waals surface area contributed by atoms with Gasteiger partial charge in [0.1, 0.15) is 0 Å². The van der Waals surface area contributed by atoms with Crippen molar-refractivity contribution in [3.8, 4) is 0 Å². The molecule has 6 nitrogen and oxygen atoms in total. The van der Waals surface area contributed by atoms with Crippen LogP contribution in [0.2, 0.25) is 0 Å². The molecule has 2 aliphatic heterocycles. The lowest BCUT2D eigenvalue weighted by Gasteiger charge is -2.34. The smallest absolute Gasteiger partial charge is 0.324 e. The Morgan fingerprint density at radius 3 is 2.71 bits per heavy atom. The molecule has 3 rings (SSSR count). The largest absolute Gasteiger partial charge is 0.328 e. The van der Waals surface area contributed by atoms with E-state index in [9.17, 15) is 10.1 Å². The lowest BCUT2D eigenvalue weighted by atomic mass is 10.0. The van der Waals surface area contributed by atoms with Crippen molar-refractivity contribution in [1.29, 1.82) is 0 Å². The monoisotopic (exact) mass is 310 g/mol. The number of rotatable bonds is 4. The van der Waals surface area contributed by atoms with Crippen LogP contribution in [-0.2, 0) is 6.54 Å². The maximum atomic E-state index is 10.7. The zero-order valence-electron chi connectivity index (χ0n) is 12.1. The van der Waals surface area contributed by atoms with Gasteiger partial charge in [-0.15, -0.1) is 0 Å². The lowest BCUT2D eigenvalue weighted by Crippen LogP contribution is -2.45. The third-order valence-corrected chi connectivity index (χ3v) is 5.57. The average molecular weight is 310 g/mol. The van der Waals surface area contributed by atoms with E-state index in [-0.39, 0.29) is 9.92 Å². The molecule has 0 radical (unpaired) electrons.